The number of hydrogen-bond acceptors (Lipinski definition) is 8. The maximum Gasteiger partial charge on any atom is 0.348 e. The van der Waals surface area contributed by atoms with Crippen molar-refractivity contribution in [1.29, 1.82) is 0 Å². The van der Waals surface area contributed by atoms with Crippen LogP contribution in [-0.4, -0.2) is 65.3 Å². The Morgan fingerprint density at radius 2 is 2.15 bits per heavy atom. The molecule has 2 aromatic heterocycles. The number of β-amino-alcohol motifs (C(OH)–C–C–N with tert-alkyl or cyclic N) is 1. The van der Waals surface area contributed by atoms with Crippen molar-refractivity contribution in [3.63, 3.8) is 0 Å². The summed E-state index contributed by atoms with van der Waals surface area (Å²) in [7, 11) is 3.94. The molecule has 1 aliphatic heterocycles. The number of hydrogen-bond donors (Lipinski definition) is 1. The molecule has 7 nitrogen and oxygen atoms in total. The molecule has 0 aliphatic carbocycles. The van der Waals surface area contributed by atoms with E-state index in [1.165, 1.54) is 11.3 Å². The highest BCUT2D eigenvalue weighted by Crippen LogP contribution is 2.38. The Bertz CT molecular complexity index is 831. The number of nitrogens with zero attached hydrogens (tertiary/aromatic N) is 4. The number of thiophene rings is 1. The summed E-state index contributed by atoms with van der Waals surface area (Å²) in [4.78, 5) is 27.2. The van der Waals surface area contributed by atoms with Crippen molar-refractivity contribution in [3.05, 3.63) is 16.3 Å². The number of fused-ring (bicyclic) bond motifs is 1. The van der Waals surface area contributed by atoms with E-state index in [-0.39, 0.29) is 5.97 Å². The number of rotatable bonds is 5. The van der Waals surface area contributed by atoms with Crippen molar-refractivity contribution in [2.45, 2.75) is 39.3 Å². The van der Waals surface area contributed by atoms with Crippen LogP contribution >= 0.6 is 11.3 Å². The van der Waals surface area contributed by atoms with E-state index in [1.54, 1.807) is 6.92 Å². The standard InChI is InChI=1S/C18H26N4O3S/c1-6-25-17(23)14-11(2)13-15(22-8-7-18(3,24)10-22)19-12(9-21(4)5)20-16(13)26-14/h24H,6-10H2,1-5H3. The number of carbonyl (C=O) groups excluding carboxylic acids is 1. The molecule has 0 bridgehead atoms. The Balaban J connectivity index is 2.14. The lowest BCUT2D eigenvalue weighted by Gasteiger charge is -2.22. The topological polar surface area (TPSA) is 78.8 Å². The van der Waals surface area contributed by atoms with Crippen molar-refractivity contribution in [1.82, 2.24) is 14.9 Å². The molecule has 2 aromatic rings. The monoisotopic (exact) mass is 378 g/mol. The van der Waals surface area contributed by atoms with Gasteiger partial charge in [0, 0.05) is 13.1 Å². The minimum absolute atomic E-state index is 0.318. The fourth-order valence-electron chi connectivity index (χ4n) is 3.26. The van der Waals surface area contributed by atoms with E-state index < -0.39 is 5.60 Å². The summed E-state index contributed by atoms with van der Waals surface area (Å²) in [6.45, 7) is 7.75. The van der Waals surface area contributed by atoms with Crippen molar-refractivity contribution < 1.29 is 14.6 Å². The molecule has 0 amide bonds. The first kappa shape index (κ1) is 19.0. The zero-order valence-corrected chi connectivity index (χ0v) is 16.8. The van der Waals surface area contributed by atoms with Crippen LogP contribution in [0.3, 0.4) is 0 Å². The summed E-state index contributed by atoms with van der Waals surface area (Å²) in [6.07, 6.45) is 0.690. The quantitative estimate of drug-likeness (QED) is 0.799. The van der Waals surface area contributed by atoms with E-state index in [2.05, 4.69) is 9.88 Å². The van der Waals surface area contributed by atoms with Gasteiger partial charge in [0.1, 0.15) is 21.3 Å². The van der Waals surface area contributed by atoms with Crippen molar-refractivity contribution in [2.75, 3.05) is 38.7 Å². The van der Waals surface area contributed by atoms with Crippen LogP contribution in [0.5, 0.6) is 0 Å². The van der Waals surface area contributed by atoms with E-state index >= 15 is 0 Å². The Morgan fingerprint density at radius 1 is 1.42 bits per heavy atom. The van der Waals surface area contributed by atoms with Crippen LogP contribution in [0.1, 0.15) is 41.3 Å². The minimum atomic E-state index is -0.729. The molecule has 0 saturated carbocycles. The number of aromatic nitrogens is 2. The van der Waals surface area contributed by atoms with Gasteiger partial charge < -0.3 is 19.6 Å². The number of anilines is 1. The molecule has 1 unspecified atom stereocenters. The first-order valence-electron chi connectivity index (χ1n) is 8.81. The first-order valence-corrected chi connectivity index (χ1v) is 9.62. The van der Waals surface area contributed by atoms with Gasteiger partial charge in [0.25, 0.3) is 0 Å². The van der Waals surface area contributed by atoms with E-state index in [1.807, 2.05) is 32.8 Å². The molecule has 26 heavy (non-hydrogen) atoms. The third-order valence-electron chi connectivity index (χ3n) is 4.49. The molecule has 0 radical (unpaired) electrons. The molecule has 0 spiro atoms. The second-order valence-electron chi connectivity index (χ2n) is 7.33. The number of aliphatic hydroxyl groups is 1. The van der Waals surface area contributed by atoms with E-state index in [0.717, 1.165) is 28.1 Å². The highest BCUT2D eigenvalue weighted by Gasteiger charge is 2.34. The predicted octanol–water partition coefficient (Wildman–Crippen LogP) is 2.20. The van der Waals surface area contributed by atoms with Gasteiger partial charge in [-0.25, -0.2) is 14.8 Å². The van der Waals surface area contributed by atoms with E-state index in [9.17, 15) is 9.90 Å². The normalized spacial score (nSPS) is 20.3. The highest BCUT2D eigenvalue weighted by atomic mass is 32.1. The van der Waals surface area contributed by atoms with Gasteiger partial charge in [-0.3, -0.25) is 0 Å². The number of ether oxygens (including phenoxy) is 1. The van der Waals surface area contributed by atoms with Crippen LogP contribution in [0.2, 0.25) is 0 Å². The second-order valence-corrected chi connectivity index (χ2v) is 8.33. The molecule has 8 heteroatoms. The van der Waals surface area contributed by atoms with Gasteiger partial charge >= 0.3 is 5.97 Å². The van der Waals surface area contributed by atoms with E-state index in [4.69, 9.17) is 9.72 Å². The Hall–Kier alpha value is -1.77. The van der Waals surface area contributed by atoms with E-state index in [0.29, 0.717) is 36.8 Å². The number of carbonyl (C=O) groups is 1. The first-order chi connectivity index (χ1) is 12.2. The highest BCUT2D eigenvalue weighted by molar-refractivity contribution is 7.20. The SMILES string of the molecule is CCOC(=O)c1sc2nc(CN(C)C)nc(N3CCC(C)(O)C3)c2c1C. The molecular formula is C18H26N4O3S. The van der Waals surface area contributed by atoms with Gasteiger partial charge in [-0.2, -0.15) is 0 Å². The molecule has 1 N–H and O–H groups in total. The third-order valence-corrected chi connectivity index (χ3v) is 5.65. The molecule has 1 atom stereocenters. The Morgan fingerprint density at radius 3 is 2.73 bits per heavy atom. The zero-order chi connectivity index (χ0) is 19.1. The molecule has 3 rings (SSSR count). The second kappa shape index (κ2) is 7.09. The van der Waals surface area contributed by atoms with Gasteiger partial charge in [-0.1, -0.05) is 0 Å². The lowest BCUT2D eigenvalue weighted by molar-refractivity contribution is 0.0531. The summed E-state index contributed by atoms with van der Waals surface area (Å²) >= 11 is 1.35. The van der Waals surface area contributed by atoms with Gasteiger partial charge in [-0.15, -0.1) is 11.3 Å². The van der Waals surface area contributed by atoms with Crippen LogP contribution in [0.4, 0.5) is 5.82 Å². The summed E-state index contributed by atoms with van der Waals surface area (Å²) in [5.74, 6) is 1.19. The number of aryl methyl sites for hydroxylation is 1. The molecular weight excluding hydrogens is 352 g/mol. The van der Waals surface area contributed by atoms with Gasteiger partial charge in [0.05, 0.1) is 24.1 Å². The molecule has 1 saturated heterocycles. The average molecular weight is 378 g/mol. The molecule has 1 fully saturated rings. The van der Waals surface area contributed by atoms with Crippen LogP contribution in [0.15, 0.2) is 0 Å². The van der Waals surface area contributed by atoms with Crippen LogP contribution in [0.25, 0.3) is 10.2 Å². The zero-order valence-electron chi connectivity index (χ0n) is 16.0. The Labute approximate surface area is 157 Å². The molecule has 0 aromatic carbocycles. The number of esters is 1. The van der Waals surface area contributed by atoms with Crippen LogP contribution in [0, 0.1) is 6.92 Å². The average Bonchev–Trinajstić information content (AvgIpc) is 3.06. The molecule has 1 aliphatic rings. The summed E-state index contributed by atoms with van der Waals surface area (Å²) in [5.41, 5.74) is 0.119. The fourth-order valence-corrected chi connectivity index (χ4v) is 4.35. The molecule has 142 valence electrons. The molecule has 3 heterocycles. The predicted molar refractivity (Wildman–Crippen MR) is 103 cm³/mol. The lowest BCUT2D eigenvalue weighted by Crippen LogP contribution is -2.30. The lowest BCUT2D eigenvalue weighted by atomic mass is 10.1. The van der Waals surface area contributed by atoms with Crippen LogP contribution in [-0.2, 0) is 11.3 Å². The van der Waals surface area contributed by atoms with Crippen LogP contribution < -0.4 is 4.90 Å². The van der Waals surface area contributed by atoms with Gasteiger partial charge in [0.2, 0.25) is 0 Å². The largest absolute Gasteiger partial charge is 0.462 e. The Kier molecular flexibility index (Phi) is 5.18. The summed E-state index contributed by atoms with van der Waals surface area (Å²) in [5, 5.41) is 11.3. The summed E-state index contributed by atoms with van der Waals surface area (Å²) in [6, 6.07) is 0. The third kappa shape index (κ3) is 3.67. The fraction of sp³-hybridized carbons (Fsp3) is 0.611. The van der Waals surface area contributed by atoms with Crippen molar-refractivity contribution in [3.8, 4) is 0 Å². The maximum atomic E-state index is 12.3. The van der Waals surface area contributed by atoms with Gasteiger partial charge in [-0.05, 0) is 46.9 Å². The van der Waals surface area contributed by atoms with Gasteiger partial charge in [0.15, 0.2) is 0 Å². The smallest absolute Gasteiger partial charge is 0.348 e. The van der Waals surface area contributed by atoms with Crippen molar-refractivity contribution >= 4 is 33.3 Å². The maximum absolute atomic E-state index is 12.3. The van der Waals surface area contributed by atoms with Crippen molar-refractivity contribution in [2.24, 2.45) is 0 Å². The summed E-state index contributed by atoms with van der Waals surface area (Å²) < 4.78 is 5.19. The minimum Gasteiger partial charge on any atom is -0.462 e.